The van der Waals surface area contributed by atoms with Gasteiger partial charge in [0.15, 0.2) is 0 Å². The van der Waals surface area contributed by atoms with E-state index in [1.165, 1.54) is 0 Å². The van der Waals surface area contributed by atoms with E-state index in [0.717, 1.165) is 40.7 Å². The number of pyridine rings is 1. The minimum Gasteiger partial charge on any atom is -0.348 e. The molecule has 0 bridgehead atoms. The molecular weight excluding hydrogens is 383 g/mol. The number of fused-ring (bicyclic) bond motifs is 2. The minimum absolute atomic E-state index is 0.213. The summed E-state index contributed by atoms with van der Waals surface area (Å²) in [4.78, 5) is 17.4. The van der Waals surface area contributed by atoms with Crippen LogP contribution in [0.2, 0.25) is 0 Å². The molecule has 0 fully saturated rings. The molecule has 1 aliphatic heterocycles. The van der Waals surface area contributed by atoms with Crippen LogP contribution in [0.4, 0.5) is 19.1 Å². The quantitative estimate of drug-likeness (QED) is 0.560. The van der Waals surface area contributed by atoms with Gasteiger partial charge in [-0.05, 0) is 25.1 Å². The number of H-pyrrole nitrogens is 1. The van der Waals surface area contributed by atoms with Crippen molar-refractivity contribution < 1.29 is 13.2 Å². The molecular formula is C19H16F3N7. The van der Waals surface area contributed by atoms with Crippen molar-refractivity contribution in [3.05, 3.63) is 71.3 Å². The summed E-state index contributed by atoms with van der Waals surface area (Å²) in [6.07, 6.45) is -0.576. The Morgan fingerprint density at radius 2 is 1.93 bits per heavy atom. The van der Waals surface area contributed by atoms with Crippen LogP contribution in [0, 0.1) is 6.92 Å². The van der Waals surface area contributed by atoms with Gasteiger partial charge in [0.1, 0.15) is 6.04 Å². The van der Waals surface area contributed by atoms with Gasteiger partial charge in [0.25, 0.3) is 0 Å². The Labute approximate surface area is 163 Å². The second-order valence-corrected chi connectivity index (χ2v) is 6.95. The smallest absolute Gasteiger partial charge is 0.348 e. The molecule has 7 nitrogen and oxygen atoms in total. The number of imidazole rings is 1. The molecule has 4 aromatic heterocycles. The molecule has 148 valence electrons. The standard InChI is InChI=1S/C19H16F3N7/c1-11-3-2-4-13-7-15(27-29(11)13)17-16-14(25-10-26-16)5-6-28(17)18-23-8-12(9-24-18)19(20,21)22/h2-4,7-10,17H,5-6H2,1H3,(H,25,26). The van der Waals surface area contributed by atoms with Crippen molar-refractivity contribution in [2.45, 2.75) is 25.6 Å². The number of aromatic amines is 1. The van der Waals surface area contributed by atoms with E-state index in [2.05, 4.69) is 19.9 Å². The molecule has 1 aliphatic rings. The van der Waals surface area contributed by atoms with Crippen LogP contribution >= 0.6 is 0 Å². The van der Waals surface area contributed by atoms with Crippen molar-refractivity contribution in [3.8, 4) is 0 Å². The average molecular weight is 399 g/mol. The number of halogens is 3. The molecule has 0 radical (unpaired) electrons. The Bertz CT molecular complexity index is 1180. The van der Waals surface area contributed by atoms with Crippen LogP contribution in [0.15, 0.2) is 43.0 Å². The number of anilines is 1. The van der Waals surface area contributed by atoms with Crippen LogP contribution in [0.3, 0.4) is 0 Å². The number of aromatic nitrogens is 6. The fraction of sp³-hybridized carbons (Fsp3) is 0.263. The Hall–Kier alpha value is -3.43. The van der Waals surface area contributed by atoms with Crippen LogP contribution in [0.5, 0.6) is 0 Å². The summed E-state index contributed by atoms with van der Waals surface area (Å²) in [6.45, 7) is 2.49. The van der Waals surface area contributed by atoms with Crippen LogP contribution in [-0.2, 0) is 12.6 Å². The Kier molecular flexibility index (Phi) is 3.83. The Morgan fingerprint density at radius 1 is 1.14 bits per heavy atom. The predicted molar refractivity (Wildman–Crippen MR) is 98.4 cm³/mol. The lowest BCUT2D eigenvalue weighted by Gasteiger charge is -2.33. The van der Waals surface area contributed by atoms with E-state index in [1.54, 1.807) is 6.33 Å². The van der Waals surface area contributed by atoms with Gasteiger partial charge in [0.05, 0.1) is 28.8 Å². The van der Waals surface area contributed by atoms with Gasteiger partial charge in [0, 0.05) is 36.7 Å². The fourth-order valence-corrected chi connectivity index (χ4v) is 3.71. The molecule has 1 atom stereocenters. The molecule has 1 unspecified atom stereocenters. The molecule has 0 saturated carbocycles. The van der Waals surface area contributed by atoms with Gasteiger partial charge in [0.2, 0.25) is 5.95 Å². The van der Waals surface area contributed by atoms with E-state index >= 15 is 0 Å². The van der Waals surface area contributed by atoms with Crippen LogP contribution in [0.1, 0.15) is 34.4 Å². The first kappa shape index (κ1) is 17.7. The SMILES string of the molecule is Cc1cccc2cc(C3c4nc[nH]c4CCN3c3ncc(C(F)(F)F)cn3)nn12. The number of hydrogen-bond donors (Lipinski definition) is 1. The summed E-state index contributed by atoms with van der Waals surface area (Å²) in [7, 11) is 0. The zero-order valence-electron chi connectivity index (χ0n) is 15.4. The summed E-state index contributed by atoms with van der Waals surface area (Å²) >= 11 is 0. The van der Waals surface area contributed by atoms with Gasteiger partial charge >= 0.3 is 6.18 Å². The van der Waals surface area contributed by atoms with Crippen molar-refractivity contribution in [1.82, 2.24) is 29.5 Å². The molecule has 5 rings (SSSR count). The van der Waals surface area contributed by atoms with Gasteiger partial charge in [-0.3, -0.25) is 0 Å². The molecule has 29 heavy (non-hydrogen) atoms. The normalized spacial score (nSPS) is 17.0. The zero-order chi connectivity index (χ0) is 20.2. The summed E-state index contributed by atoms with van der Waals surface area (Å²) in [6, 6.07) is 7.42. The highest BCUT2D eigenvalue weighted by Gasteiger charge is 2.36. The van der Waals surface area contributed by atoms with E-state index in [9.17, 15) is 13.2 Å². The van der Waals surface area contributed by atoms with Crippen molar-refractivity contribution in [2.24, 2.45) is 0 Å². The van der Waals surface area contributed by atoms with E-state index in [4.69, 9.17) is 5.10 Å². The first-order valence-electron chi connectivity index (χ1n) is 9.05. The van der Waals surface area contributed by atoms with E-state index in [0.29, 0.717) is 13.0 Å². The van der Waals surface area contributed by atoms with Crippen LogP contribution < -0.4 is 4.90 Å². The summed E-state index contributed by atoms with van der Waals surface area (Å²) < 4.78 is 40.5. The third kappa shape index (κ3) is 2.91. The third-order valence-electron chi connectivity index (χ3n) is 5.12. The van der Waals surface area contributed by atoms with Crippen LogP contribution in [-0.4, -0.2) is 36.1 Å². The first-order valence-corrected chi connectivity index (χ1v) is 9.05. The molecule has 5 heterocycles. The van der Waals surface area contributed by atoms with Gasteiger partial charge in [-0.15, -0.1) is 0 Å². The van der Waals surface area contributed by atoms with E-state index in [1.807, 2.05) is 40.6 Å². The molecule has 10 heteroatoms. The summed E-state index contributed by atoms with van der Waals surface area (Å²) in [5.41, 5.74) is 3.52. The fourth-order valence-electron chi connectivity index (χ4n) is 3.71. The van der Waals surface area contributed by atoms with Crippen molar-refractivity contribution in [1.29, 1.82) is 0 Å². The highest BCUT2D eigenvalue weighted by Crippen LogP contribution is 2.36. The van der Waals surface area contributed by atoms with Crippen molar-refractivity contribution >= 4 is 11.5 Å². The van der Waals surface area contributed by atoms with Gasteiger partial charge in [-0.25, -0.2) is 19.5 Å². The average Bonchev–Trinajstić information content (AvgIpc) is 3.34. The Balaban J connectivity index is 1.61. The lowest BCUT2D eigenvalue weighted by molar-refractivity contribution is -0.138. The number of alkyl halides is 3. The molecule has 0 saturated heterocycles. The van der Waals surface area contributed by atoms with Crippen molar-refractivity contribution in [2.75, 3.05) is 11.4 Å². The van der Waals surface area contributed by atoms with Crippen LogP contribution in [0.25, 0.3) is 5.52 Å². The van der Waals surface area contributed by atoms with E-state index in [-0.39, 0.29) is 5.95 Å². The zero-order valence-corrected chi connectivity index (χ0v) is 15.4. The van der Waals surface area contributed by atoms with Crippen molar-refractivity contribution in [3.63, 3.8) is 0 Å². The number of aryl methyl sites for hydroxylation is 1. The summed E-state index contributed by atoms with van der Waals surface area (Å²) in [5.74, 6) is 0.213. The van der Waals surface area contributed by atoms with E-state index < -0.39 is 17.8 Å². The molecule has 0 aromatic carbocycles. The highest BCUT2D eigenvalue weighted by molar-refractivity contribution is 5.53. The molecule has 0 aliphatic carbocycles. The molecule has 1 N–H and O–H groups in total. The number of nitrogens with one attached hydrogen (secondary N) is 1. The predicted octanol–water partition coefficient (Wildman–Crippen LogP) is 3.33. The summed E-state index contributed by atoms with van der Waals surface area (Å²) in [5, 5.41) is 4.73. The van der Waals surface area contributed by atoms with Gasteiger partial charge in [-0.1, -0.05) is 6.07 Å². The first-order chi connectivity index (χ1) is 13.9. The second-order valence-electron chi connectivity index (χ2n) is 6.95. The third-order valence-corrected chi connectivity index (χ3v) is 5.12. The molecule has 0 amide bonds. The maximum absolute atomic E-state index is 12.9. The minimum atomic E-state index is -4.48. The molecule has 0 spiro atoms. The lowest BCUT2D eigenvalue weighted by Crippen LogP contribution is -2.37. The second kappa shape index (κ2) is 6.29. The number of hydrogen-bond acceptors (Lipinski definition) is 5. The lowest BCUT2D eigenvalue weighted by atomic mass is 10.0. The van der Waals surface area contributed by atoms with Gasteiger partial charge in [-0.2, -0.15) is 18.3 Å². The monoisotopic (exact) mass is 399 g/mol. The molecule has 4 aromatic rings. The number of rotatable bonds is 2. The largest absolute Gasteiger partial charge is 0.419 e. The topological polar surface area (TPSA) is 75.0 Å². The highest BCUT2D eigenvalue weighted by atomic mass is 19.4. The Morgan fingerprint density at radius 3 is 2.66 bits per heavy atom. The van der Waals surface area contributed by atoms with Gasteiger partial charge < -0.3 is 9.88 Å². The maximum Gasteiger partial charge on any atom is 0.419 e. The maximum atomic E-state index is 12.9. The number of nitrogens with zero attached hydrogens (tertiary/aromatic N) is 6.